The van der Waals surface area contributed by atoms with Gasteiger partial charge < -0.3 is 10.5 Å². The predicted molar refractivity (Wildman–Crippen MR) is 58.3 cm³/mol. The highest BCUT2D eigenvalue weighted by Crippen LogP contribution is 2.09. The van der Waals surface area contributed by atoms with Gasteiger partial charge in [0.15, 0.2) is 12.4 Å². The molecule has 4 nitrogen and oxygen atoms in total. The Morgan fingerprint density at radius 2 is 2.07 bits per heavy atom. The number of hydrogen-bond donors (Lipinski definition) is 1. The molecule has 0 amide bonds. The third-order valence-electron chi connectivity index (χ3n) is 2.52. The van der Waals surface area contributed by atoms with E-state index in [-0.39, 0.29) is 5.92 Å². The van der Waals surface area contributed by atoms with Gasteiger partial charge in [0, 0.05) is 0 Å². The number of esters is 1. The van der Waals surface area contributed by atoms with Crippen LogP contribution in [0, 0.1) is 5.92 Å². The smallest absolute Gasteiger partial charge is 0.323 e. The van der Waals surface area contributed by atoms with Gasteiger partial charge in [-0.05, 0) is 12.3 Å². The lowest BCUT2D eigenvalue weighted by molar-refractivity contribution is -0.154. The van der Waals surface area contributed by atoms with Crippen molar-refractivity contribution in [2.45, 2.75) is 52.2 Å². The molecule has 0 heterocycles. The van der Waals surface area contributed by atoms with Gasteiger partial charge in [-0.3, -0.25) is 9.59 Å². The molecule has 15 heavy (non-hydrogen) atoms. The fourth-order valence-electron chi connectivity index (χ4n) is 1.15. The summed E-state index contributed by atoms with van der Waals surface area (Å²) in [6, 6.07) is -0.630. The Morgan fingerprint density at radius 1 is 1.47 bits per heavy atom. The highest BCUT2D eigenvalue weighted by atomic mass is 16.5. The topological polar surface area (TPSA) is 69.4 Å². The molecule has 0 aliphatic carbocycles. The summed E-state index contributed by atoms with van der Waals surface area (Å²) in [5, 5.41) is 0. The van der Waals surface area contributed by atoms with Crippen LogP contribution < -0.4 is 5.73 Å². The molecule has 0 saturated heterocycles. The second kappa shape index (κ2) is 7.40. The van der Waals surface area contributed by atoms with E-state index in [0.717, 1.165) is 12.8 Å². The van der Waals surface area contributed by atoms with E-state index < -0.39 is 18.1 Å². The Morgan fingerprint density at radius 3 is 2.47 bits per heavy atom. The lowest BCUT2D eigenvalue weighted by Crippen LogP contribution is -2.40. The first-order valence-corrected chi connectivity index (χ1v) is 5.48. The maximum atomic E-state index is 11.5. The Labute approximate surface area is 91.2 Å². The maximum absolute atomic E-state index is 11.5. The highest BCUT2D eigenvalue weighted by Gasteiger charge is 2.23. The largest absolute Gasteiger partial charge is 0.454 e. The van der Waals surface area contributed by atoms with Gasteiger partial charge in [-0.15, -0.1) is 0 Å². The van der Waals surface area contributed by atoms with E-state index in [1.807, 2.05) is 20.8 Å². The number of carbonyl (C=O) groups is 2. The van der Waals surface area contributed by atoms with Crippen LogP contribution in [0.25, 0.3) is 0 Å². The van der Waals surface area contributed by atoms with Crippen LogP contribution in [0.1, 0.15) is 40.0 Å². The molecule has 0 aliphatic heterocycles. The molecule has 4 heteroatoms. The molecule has 0 aromatic carbocycles. The van der Waals surface area contributed by atoms with Crippen LogP contribution in [0.15, 0.2) is 0 Å². The maximum Gasteiger partial charge on any atom is 0.323 e. The van der Waals surface area contributed by atoms with Crippen LogP contribution in [0.3, 0.4) is 0 Å². The zero-order valence-electron chi connectivity index (χ0n) is 9.73. The number of nitrogens with two attached hydrogens (primary N) is 1. The van der Waals surface area contributed by atoms with Crippen molar-refractivity contribution in [1.29, 1.82) is 0 Å². The van der Waals surface area contributed by atoms with Crippen LogP contribution in [-0.2, 0) is 14.3 Å². The molecule has 0 rings (SSSR count). The number of carbonyl (C=O) groups excluding carboxylic acids is 2. The molecule has 3 atom stereocenters. The van der Waals surface area contributed by atoms with Crippen molar-refractivity contribution in [1.82, 2.24) is 0 Å². The SMILES string of the molecule is CCCC(C=O)OC(=O)[C@@H](N)C(C)CC. The van der Waals surface area contributed by atoms with E-state index in [1.165, 1.54) is 0 Å². The molecule has 0 radical (unpaired) electrons. The van der Waals surface area contributed by atoms with Gasteiger partial charge in [0.25, 0.3) is 0 Å². The molecule has 0 aliphatic rings. The Kier molecular flexibility index (Phi) is 6.96. The molecular formula is C11H21NO3. The van der Waals surface area contributed by atoms with Gasteiger partial charge >= 0.3 is 5.97 Å². The van der Waals surface area contributed by atoms with Crippen molar-refractivity contribution in [2.75, 3.05) is 0 Å². The van der Waals surface area contributed by atoms with Crippen LogP contribution in [0.4, 0.5) is 0 Å². The number of hydrogen-bond acceptors (Lipinski definition) is 4. The van der Waals surface area contributed by atoms with Crippen molar-refractivity contribution in [3.05, 3.63) is 0 Å². The van der Waals surface area contributed by atoms with Crippen LogP contribution in [0.2, 0.25) is 0 Å². The van der Waals surface area contributed by atoms with E-state index in [0.29, 0.717) is 12.7 Å². The van der Waals surface area contributed by atoms with Crippen molar-refractivity contribution in [3.8, 4) is 0 Å². The average Bonchev–Trinajstić information content (AvgIpc) is 2.26. The molecule has 88 valence electrons. The van der Waals surface area contributed by atoms with E-state index in [9.17, 15) is 9.59 Å². The molecule has 0 spiro atoms. The third kappa shape index (κ3) is 4.93. The summed E-state index contributed by atoms with van der Waals surface area (Å²) in [5.74, 6) is -0.402. The third-order valence-corrected chi connectivity index (χ3v) is 2.52. The van der Waals surface area contributed by atoms with Gasteiger partial charge in [-0.25, -0.2) is 0 Å². The van der Waals surface area contributed by atoms with Gasteiger partial charge in [-0.2, -0.15) is 0 Å². The molecule has 2 unspecified atom stereocenters. The molecule has 0 aromatic heterocycles. The first kappa shape index (κ1) is 14.1. The minimum absolute atomic E-state index is 0.0754. The van der Waals surface area contributed by atoms with Gasteiger partial charge in [0.05, 0.1) is 0 Å². The molecule has 0 aromatic rings. The van der Waals surface area contributed by atoms with Gasteiger partial charge in [0.2, 0.25) is 0 Å². The van der Waals surface area contributed by atoms with Crippen molar-refractivity contribution < 1.29 is 14.3 Å². The molecule has 0 saturated carbocycles. The summed E-state index contributed by atoms with van der Waals surface area (Å²) >= 11 is 0. The summed E-state index contributed by atoms with van der Waals surface area (Å²) in [6.45, 7) is 5.78. The Bertz CT molecular complexity index is 206. The molecular weight excluding hydrogens is 194 g/mol. The van der Waals surface area contributed by atoms with Crippen molar-refractivity contribution in [3.63, 3.8) is 0 Å². The van der Waals surface area contributed by atoms with Crippen molar-refractivity contribution in [2.24, 2.45) is 11.7 Å². The second-order valence-corrected chi connectivity index (χ2v) is 3.81. The highest BCUT2D eigenvalue weighted by molar-refractivity contribution is 5.77. The van der Waals surface area contributed by atoms with Gasteiger partial charge in [0.1, 0.15) is 6.04 Å². The fourth-order valence-corrected chi connectivity index (χ4v) is 1.15. The monoisotopic (exact) mass is 215 g/mol. The molecule has 0 fully saturated rings. The van der Waals surface area contributed by atoms with Crippen LogP contribution in [-0.4, -0.2) is 24.4 Å². The standard InChI is InChI=1S/C11H21NO3/c1-4-6-9(7-13)15-11(14)10(12)8(3)5-2/h7-10H,4-6,12H2,1-3H3/t8?,9?,10-/m0/s1. The minimum atomic E-state index is -0.641. The van der Waals surface area contributed by atoms with Crippen LogP contribution >= 0.6 is 0 Å². The first-order valence-electron chi connectivity index (χ1n) is 5.48. The minimum Gasteiger partial charge on any atom is -0.454 e. The lowest BCUT2D eigenvalue weighted by Gasteiger charge is -2.19. The summed E-state index contributed by atoms with van der Waals surface area (Å²) in [4.78, 5) is 22.1. The average molecular weight is 215 g/mol. The van der Waals surface area contributed by atoms with Gasteiger partial charge in [-0.1, -0.05) is 33.6 Å². The van der Waals surface area contributed by atoms with E-state index >= 15 is 0 Å². The fraction of sp³-hybridized carbons (Fsp3) is 0.818. The summed E-state index contributed by atoms with van der Waals surface area (Å²) in [6.07, 6.45) is 2.19. The second-order valence-electron chi connectivity index (χ2n) is 3.81. The molecule has 2 N–H and O–H groups in total. The van der Waals surface area contributed by atoms with Crippen LogP contribution in [0.5, 0.6) is 0 Å². The Hall–Kier alpha value is -0.900. The normalized spacial score (nSPS) is 16.5. The predicted octanol–water partition coefficient (Wildman–Crippen LogP) is 1.27. The Balaban J connectivity index is 4.15. The van der Waals surface area contributed by atoms with E-state index in [2.05, 4.69) is 0 Å². The summed E-state index contributed by atoms with van der Waals surface area (Å²) in [5.41, 5.74) is 5.68. The summed E-state index contributed by atoms with van der Waals surface area (Å²) < 4.78 is 4.99. The summed E-state index contributed by atoms with van der Waals surface area (Å²) in [7, 11) is 0. The molecule has 0 bridgehead atoms. The first-order chi connectivity index (χ1) is 7.06. The van der Waals surface area contributed by atoms with E-state index in [4.69, 9.17) is 10.5 Å². The number of ether oxygens (including phenoxy) is 1. The quantitative estimate of drug-likeness (QED) is 0.513. The zero-order chi connectivity index (χ0) is 11.8. The van der Waals surface area contributed by atoms with E-state index in [1.54, 1.807) is 0 Å². The lowest BCUT2D eigenvalue weighted by atomic mass is 10.0. The zero-order valence-corrected chi connectivity index (χ0v) is 9.73. The number of aldehydes is 1. The van der Waals surface area contributed by atoms with Crippen molar-refractivity contribution >= 4 is 12.3 Å². The number of rotatable bonds is 7.